The van der Waals surface area contributed by atoms with Crippen molar-refractivity contribution in [2.45, 2.75) is 284 Å². The van der Waals surface area contributed by atoms with Crippen LogP contribution in [0.25, 0.3) is 0 Å². The predicted molar refractivity (Wildman–Crippen MR) is 343 cm³/mol. The lowest BCUT2D eigenvalue weighted by Crippen LogP contribution is -2.30. The minimum absolute atomic E-state index is 0.1000. The van der Waals surface area contributed by atoms with E-state index in [0.717, 1.165) is 173 Å². The zero-order valence-corrected chi connectivity index (χ0v) is 51.1. The Labute approximate surface area is 487 Å². The van der Waals surface area contributed by atoms with Crippen LogP contribution in [0.2, 0.25) is 0 Å². The molecule has 0 bridgehead atoms. The smallest absolute Gasteiger partial charge is 0.306 e. The Kier molecular flexibility index (Phi) is 61.9. The second kappa shape index (κ2) is 65.8. The fourth-order valence-electron chi connectivity index (χ4n) is 8.45. The van der Waals surface area contributed by atoms with Crippen LogP contribution in [-0.4, -0.2) is 37.2 Å². The van der Waals surface area contributed by atoms with Gasteiger partial charge in [-0.25, -0.2) is 0 Å². The lowest BCUT2D eigenvalue weighted by Gasteiger charge is -2.18. The van der Waals surface area contributed by atoms with Crippen LogP contribution in [0.1, 0.15) is 278 Å². The van der Waals surface area contributed by atoms with Gasteiger partial charge in [0, 0.05) is 19.3 Å². The molecule has 0 aliphatic carbocycles. The average Bonchev–Trinajstić information content (AvgIpc) is 3.45. The van der Waals surface area contributed by atoms with Gasteiger partial charge in [0.2, 0.25) is 0 Å². The topological polar surface area (TPSA) is 78.9 Å². The second-order valence-corrected chi connectivity index (χ2v) is 20.9. The maximum atomic E-state index is 12.9. The molecule has 1 atom stereocenters. The van der Waals surface area contributed by atoms with Gasteiger partial charge in [-0.2, -0.15) is 0 Å². The molecule has 0 spiro atoms. The quantitative estimate of drug-likeness (QED) is 0.0261. The number of hydrogen-bond acceptors (Lipinski definition) is 6. The number of carbonyl (C=O) groups is 3. The van der Waals surface area contributed by atoms with E-state index in [4.69, 9.17) is 14.2 Å². The van der Waals surface area contributed by atoms with Crippen molar-refractivity contribution in [3.05, 3.63) is 146 Å². The van der Waals surface area contributed by atoms with Gasteiger partial charge in [-0.05, 0) is 141 Å². The van der Waals surface area contributed by atoms with E-state index < -0.39 is 6.10 Å². The van der Waals surface area contributed by atoms with Crippen LogP contribution in [0.15, 0.2) is 146 Å². The summed E-state index contributed by atoms with van der Waals surface area (Å²) in [6.07, 6.45) is 94.2. The summed E-state index contributed by atoms with van der Waals surface area (Å²) in [7, 11) is 0. The standard InChI is InChI=1S/C73H118O6/c1-4-7-10-13-16-19-22-25-28-30-31-32-33-34-35-36-37-38-39-40-41-42-43-44-46-48-51-54-57-60-63-66-72(75)78-69-70(68-77-71(74)65-62-59-56-53-50-47-27-24-21-18-15-12-9-6-3)79-73(76)67-64-61-58-55-52-49-45-29-26-23-20-17-14-11-8-5-2/h7,10,15-16,18-20,23-25,27-29,31-32,34-35,37-38,40-41,43-45,70H,4-6,8-9,11-14,17,21-22,26,30,33,36,39,42,46-69H2,1-3H3/b10-7-,18-15-,19-16-,23-20-,27-24-,28-25-,32-31-,35-34-,38-37-,41-40-,44-43-,45-29-. The highest BCUT2D eigenvalue weighted by Crippen LogP contribution is 2.14. The molecule has 0 aromatic rings. The summed E-state index contributed by atoms with van der Waals surface area (Å²) in [6, 6.07) is 0. The molecule has 79 heavy (non-hydrogen) atoms. The Balaban J connectivity index is 4.37. The zero-order valence-electron chi connectivity index (χ0n) is 51.1. The number of unbranched alkanes of at least 4 members (excludes halogenated alkanes) is 22. The van der Waals surface area contributed by atoms with Gasteiger partial charge in [0.1, 0.15) is 13.2 Å². The van der Waals surface area contributed by atoms with Gasteiger partial charge in [0.25, 0.3) is 0 Å². The number of hydrogen-bond donors (Lipinski definition) is 0. The minimum Gasteiger partial charge on any atom is -0.462 e. The summed E-state index contributed by atoms with van der Waals surface area (Å²) in [4.78, 5) is 38.3. The SMILES string of the molecule is CC/C=C\C/C=C\C/C=C\C/C=C\C/C=C\C/C=C\C/C=C\C/C=C\CCCCCCCCC(=O)OCC(COC(=O)CCCCCCC/C=C\C/C=C\CCCC)OC(=O)CCCCCCC/C=C\C/C=C\CCCCCC. The molecule has 6 heteroatoms. The van der Waals surface area contributed by atoms with Crippen LogP contribution in [0.4, 0.5) is 0 Å². The third-order valence-electron chi connectivity index (χ3n) is 13.3. The maximum Gasteiger partial charge on any atom is 0.306 e. The fourth-order valence-corrected chi connectivity index (χ4v) is 8.45. The largest absolute Gasteiger partial charge is 0.462 e. The number of esters is 3. The lowest BCUT2D eigenvalue weighted by atomic mass is 10.1. The molecule has 1 unspecified atom stereocenters. The van der Waals surface area contributed by atoms with Crippen LogP contribution >= 0.6 is 0 Å². The molecule has 446 valence electrons. The van der Waals surface area contributed by atoms with Crippen molar-refractivity contribution in [3.8, 4) is 0 Å². The van der Waals surface area contributed by atoms with Crippen molar-refractivity contribution in [1.29, 1.82) is 0 Å². The maximum absolute atomic E-state index is 12.9. The van der Waals surface area contributed by atoms with E-state index in [9.17, 15) is 14.4 Å². The monoisotopic (exact) mass is 1090 g/mol. The van der Waals surface area contributed by atoms with E-state index >= 15 is 0 Å². The van der Waals surface area contributed by atoms with Crippen molar-refractivity contribution < 1.29 is 28.6 Å². The number of rotatable bonds is 57. The van der Waals surface area contributed by atoms with E-state index in [2.05, 4.69) is 167 Å². The minimum atomic E-state index is -0.804. The van der Waals surface area contributed by atoms with Gasteiger partial charge in [0.05, 0.1) is 0 Å². The third kappa shape index (κ3) is 64.0. The first kappa shape index (κ1) is 74.3. The summed E-state index contributed by atoms with van der Waals surface area (Å²) in [6.45, 7) is 6.43. The Morgan fingerprint density at radius 1 is 0.266 bits per heavy atom. The molecule has 0 aliphatic rings. The van der Waals surface area contributed by atoms with Crippen LogP contribution in [0.5, 0.6) is 0 Å². The Morgan fingerprint density at radius 2 is 0.506 bits per heavy atom. The highest BCUT2D eigenvalue weighted by Gasteiger charge is 2.19. The van der Waals surface area contributed by atoms with Crippen LogP contribution in [0.3, 0.4) is 0 Å². The molecule has 0 aromatic carbocycles. The Bertz CT molecular complexity index is 1730. The van der Waals surface area contributed by atoms with Gasteiger partial charge in [0.15, 0.2) is 6.10 Å². The molecular weight excluding hydrogens is 973 g/mol. The molecule has 6 nitrogen and oxygen atoms in total. The first-order valence-corrected chi connectivity index (χ1v) is 32.3. The van der Waals surface area contributed by atoms with Gasteiger partial charge in [-0.1, -0.05) is 263 Å². The summed E-state index contributed by atoms with van der Waals surface area (Å²) < 4.78 is 16.9. The normalized spacial score (nSPS) is 13.1. The third-order valence-corrected chi connectivity index (χ3v) is 13.3. The van der Waals surface area contributed by atoms with Gasteiger partial charge in [-0.3, -0.25) is 14.4 Å². The van der Waals surface area contributed by atoms with Crippen LogP contribution in [0, 0.1) is 0 Å². The molecule has 0 radical (unpaired) electrons. The second-order valence-electron chi connectivity index (χ2n) is 20.9. The molecule has 0 heterocycles. The molecule has 0 amide bonds. The van der Waals surface area contributed by atoms with Gasteiger partial charge < -0.3 is 14.2 Å². The molecule has 0 saturated heterocycles. The van der Waals surface area contributed by atoms with Crippen molar-refractivity contribution in [2.75, 3.05) is 13.2 Å². The highest BCUT2D eigenvalue weighted by molar-refractivity contribution is 5.71. The van der Waals surface area contributed by atoms with Gasteiger partial charge in [-0.15, -0.1) is 0 Å². The zero-order chi connectivity index (χ0) is 57.1. The van der Waals surface area contributed by atoms with E-state index in [1.807, 2.05) is 0 Å². The van der Waals surface area contributed by atoms with Gasteiger partial charge >= 0.3 is 17.9 Å². The van der Waals surface area contributed by atoms with E-state index in [-0.39, 0.29) is 31.1 Å². The summed E-state index contributed by atoms with van der Waals surface area (Å²) in [5.74, 6) is -0.942. The molecule has 0 aromatic heterocycles. The summed E-state index contributed by atoms with van der Waals surface area (Å²) >= 11 is 0. The fraction of sp³-hybridized carbons (Fsp3) is 0.630. The van der Waals surface area contributed by atoms with Crippen LogP contribution < -0.4 is 0 Å². The Hall–Kier alpha value is -4.71. The van der Waals surface area contributed by atoms with E-state index in [1.165, 1.54) is 64.2 Å². The van der Waals surface area contributed by atoms with Crippen molar-refractivity contribution in [1.82, 2.24) is 0 Å². The number of carbonyl (C=O) groups excluding carboxylic acids is 3. The lowest BCUT2D eigenvalue weighted by molar-refractivity contribution is -0.167. The molecule has 0 saturated carbocycles. The van der Waals surface area contributed by atoms with Crippen molar-refractivity contribution >= 4 is 17.9 Å². The molecule has 0 fully saturated rings. The molecule has 0 rings (SSSR count). The Morgan fingerprint density at radius 3 is 0.810 bits per heavy atom. The average molecular weight is 1090 g/mol. The summed E-state index contributed by atoms with van der Waals surface area (Å²) in [5.41, 5.74) is 0. The first-order chi connectivity index (χ1) is 39.0. The molecule has 0 aliphatic heterocycles. The molecular formula is C73H118O6. The summed E-state index contributed by atoms with van der Waals surface area (Å²) in [5, 5.41) is 0. The number of allylic oxidation sites excluding steroid dienone is 24. The predicted octanol–water partition coefficient (Wildman–Crippen LogP) is 22.3. The van der Waals surface area contributed by atoms with Crippen molar-refractivity contribution in [3.63, 3.8) is 0 Å². The van der Waals surface area contributed by atoms with E-state index in [1.54, 1.807) is 0 Å². The van der Waals surface area contributed by atoms with Crippen molar-refractivity contribution in [2.24, 2.45) is 0 Å². The highest BCUT2D eigenvalue weighted by atomic mass is 16.6. The molecule has 0 N–H and O–H groups in total. The van der Waals surface area contributed by atoms with Crippen LogP contribution in [-0.2, 0) is 28.6 Å². The first-order valence-electron chi connectivity index (χ1n) is 32.3. The number of ether oxygens (including phenoxy) is 3. The van der Waals surface area contributed by atoms with E-state index in [0.29, 0.717) is 19.3 Å².